The van der Waals surface area contributed by atoms with Crippen molar-refractivity contribution in [1.82, 2.24) is 0 Å². The minimum atomic E-state index is 0.0699. The first-order valence-electron chi connectivity index (χ1n) is 4.20. The summed E-state index contributed by atoms with van der Waals surface area (Å²) < 4.78 is 0. The van der Waals surface area contributed by atoms with E-state index in [1.165, 1.54) is 0 Å². The molecule has 0 bridgehead atoms. The molecule has 4 heteroatoms. The van der Waals surface area contributed by atoms with Crippen LogP contribution in [-0.4, -0.2) is 11.5 Å². The first-order valence-corrected chi connectivity index (χ1v) is 5.19. The van der Waals surface area contributed by atoms with Crippen molar-refractivity contribution in [3.63, 3.8) is 0 Å². The van der Waals surface area contributed by atoms with Gasteiger partial charge in [0.1, 0.15) is 17.7 Å². The van der Waals surface area contributed by atoms with E-state index in [0.717, 1.165) is 22.7 Å². The number of allylic oxidation sites excluding steroid dienone is 4. The number of nitriles is 2. The highest BCUT2D eigenvalue weighted by atomic mass is 32.2. The van der Waals surface area contributed by atoms with Crippen molar-refractivity contribution < 1.29 is 4.79 Å². The Labute approximate surface area is 85.7 Å². The molecule has 1 heterocycles. The second-order valence-electron chi connectivity index (χ2n) is 3.08. The molecule has 0 unspecified atom stereocenters. The maximum Gasteiger partial charge on any atom is 0.173 e. The molecule has 68 valence electrons. The van der Waals surface area contributed by atoms with Crippen LogP contribution in [0.15, 0.2) is 21.6 Å². The van der Waals surface area contributed by atoms with E-state index in [0.29, 0.717) is 5.57 Å². The fraction of sp³-hybridized carbons (Fsp3) is 0.300. The van der Waals surface area contributed by atoms with Crippen LogP contribution in [-0.2, 0) is 4.79 Å². The van der Waals surface area contributed by atoms with E-state index in [1.54, 1.807) is 11.8 Å². The molecule has 0 saturated carbocycles. The number of hydrogen-bond donors (Lipinski definition) is 0. The van der Waals surface area contributed by atoms with Gasteiger partial charge < -0.3 is 0 Å². The van der Waals surface area contributed by atoms with Crippen LogP contribution >= 0.6 is 11.8 Å². The van der Waals surface area contributed by atoms with E-state index >= 15 is 0 Å². The van der Waals surface area contributed by atoms with Crippen LogP contribution < -0.4 is 0 Å². The van der Waals surface area contributed by atoms with Crippen molar-refractivity contribution in [3.05, 3.63) is 21.6 Å². The van der Waals surface area contributed by atoms with Gasteiger partial charge in [0.25, 0.3) is 0 Å². The highest BCUT2D eigenvalue weighted by Gasteiger charge is 2.33. The summed E-state index contributed by atoms with van der Waals surface area (Å²) in [5.74, 6) is 0.963. The Kier molecular flexibility index (Phi) is 2.15. The van der Waals surface area contributed by atoms with Crippen molar-refractivity contribution in [3.8, 4) is 12.1 Å². The maximum atomic E-state index is 11.5. The lowest BCUT2D eigenvalue weighted by Gasteiger charge is -1.99. The first-order chi connectivity index (χ1) is 6.77. The number of thioether (sulfide) groups is 1. The number of Topliss-reactive ketones (excluding diaryl/α,β-unsaturated/α-hetero) is 1. The van der Waals surface area contributed by atoms with Gasteiger partial charge in [0.2, 0.25) is 0 Å². The first kappa shape index (κ1) is 9.05. The Hall–Kier alpha value is -1.52. The second kappa shape index (κ2) is 3.32. The Balaban J connectivity index is 2.54. The molecule has 0 atom stereocenters. The molecule has 0 aromatic heterocycles. The molecule has 3 nitrogen and oxygen atoms in total. The topological polar surface area (TPSA) is 64.7 Å². The van der Waals surface area contributed by atoms with Gasteiger partial charge >= 0.3 is 0 Å². The van der Waals surface area contributed by atoms with Gasteiger partial charge in [0.15, 0.2) is 5.78 Å². The van der Waals surface area contributed by atoms with Crippen LogP contribution in [0, 0.1) is 22.7 Å². The highest BCUT2D eigenvalue weighted by Crippen LogP contribution is 2.44. The van der Waals surface area contributed by atoms with Crippen molar-refractivity contribution in [2.45, 2.75) is 12.8 Å². The lowest BCUT2D eigenvalue weighted by atomic mass is 10.0. The molecule has 0 spiro atoms. The van der Waals surface area contributed by atoms with Crippen molar-refractivity contribution in [1.29, 1.82) is 10.5 Å². The minimum absolute atomic E-state index is 0.0699. The molecule has 0 N–H and O–H groups in total. The Bertz CT molecular complexity index is 443. The quantitative estimate of drug-likeness (QED) is 0.561. The van der Waals surface area contributed by atoms with Crippen molar-refractivity contribution >= 4 is 17.5 Å². The smallest absolute Gasteiger partial charge is 0.173 e. The molecule has 2 rings (SSSR count). The normalized spacial score (nSPS) is 19.3. The highest BCUT2D eigenvalue weighted by molar-refractivity contribution is 8.04. The molecule has 14 heavy (non-hydrogen) atoms. The van der Waals surface area contributed by atoms with Gasteiger partial charge in [-0.05, 0) is 17.6 Å². The predicted octanol–water partition coefficient (Wildman–Crippen LogP) is 1.69. The summed E-state index contributed by atoms with van der Waals surface area (Å²) in [4.78, 5) is 12.3. The molecule has 2 aliphatic rings. The summed E-state index contributed by atoms with van der Waals surface area (Å²) in [5, 5.41) is 17.4. The van der Waals surface area contributed by atoms with Gasteiger partial charge in [0, 0.05) is 12.2 Å². The van der Waals surface area contributed by atoms with E-state index in [1.807, 2.05) is 12.1 Å². The minimum Gasteiger partial charge on any atom is -0.293 e. The summed E-state index contributed by atoms with van der Waals surface area (Å²) in [7, 11) is 0. The van der Waals surface area contributed by atoms with Crippen LogP contribution in [0.25, 0.3) is 0 Å². The zero-order valence-corrected chi connectivity index (χ0v) is 8.15. The summed E-state index contributed by atoms with van der Waals surface area (Å²) in [6.45, 7) is 0. The van der Waals surface area contributed by atoms with Gasteiger partial charge in [-0.25, -0.2) is 0 Å². The van der Waals surface area contributed by atoms with Crippen molar-refractivity contribution in [2.24, 2.45) is 0 Å². The van der Waals surface area contributed by atoms with Crippen LogP contribution in [0.3, 0.4) is 0 Å². The number of nitrogens with zero attached hydrogens (tertiary/aromatic N) is 2. The van der Waals surface area contributed by atoms with Gasteiger partial charge in [-0.3, -0.25) is 4.79 Å². The zero-order chi connectivity index (χ0) is 10.1. The molecular weight excluding hydrogens is 196 g/mol. The van der Waals surface area contributed by atoms with E-state index in [-0.39, 0.29) is 17.8 Å². The van der Waals surface area contributed by atoms with E-state index < -0.39 is 0 Å². The third-order valence-corrected chi connectivity index (χ3v) is 3.52. The van der Waals surface area contributed by atoms with E-state index in [9.17, 15) is 4.79 Å². The lowest BCUT2D eigenvalue weighted by molar-refractivity contribution is -0.113. The molecule has 0 fully saturated rings. The van der Waals surface area contributed by atoms with E-state index in [4.69, 9.17) is 10.5 Å². The second-order valence-corrected chi connectivity index (χ2v) is 4.19. The number of carbonyl (C=O) groups excluding carboxylic acids is 1. The lowest BCUT2D eigenvalue weighted by Crippen LogP contribution is -1.94. The molecule has 1 aliphatic carbocycles. The Morgan fingerprint density at radius 1 is 1.36 bits per heavy atom. The SMILES string of the molecule is N#CC(C#N)=C1CC(=O)C2=C1CCS2. The largest absolute Gasteiger partial charge is 0.293 e. The van der Waals surface area contributed by atoms with Crippen molar-refractivity contribution in [2.75, 3.05) is 5.75 Å². The molecule has 0 aromatic carbocycles. The molecule has 0 aromatic rings. The third-order valence-electron chi connectivity index (χ3n) is 2.35. The Morgan fingerprint density at radius 3 is 2.71 bits per heavy atom. The van der Waals surface area contributed by atoms with Crippen LogP contribution in [0.5, 0.6) is 0 Å². The number of carbonyl (C=O) groups is 1. The fourth-order valence-electron chi connectivity index (χ4n) is 1.74. The average Bonchev–Trinajstić information content (AvgIpc) is 2.74. The maximum absolute atomic E-state index is 11.5. The third kappa shape index (κ3) is 1.16. The summed E-state index contributed by atoms with van der Waals surface area (Å²) >= 11 is 1.54. The van der Waals surface area contributed by atoms with Crippen LogP contribution in [0.2, 0.25) is 0 Å². The van der Waals surface area contributed by atoms with Gasteiger partial charge in [-0.15, -0.1) is 11.8 Å². The standard InChI is InChI=1S/C10H6N2OS/c11-4-6(5-12)8-3-9(13)10-7(8)1-2-14-10/h1-3H2. The molecule has 0 radical (unpaired) electrons. The summed E-state index contributed by atoms with van der Waals surface area (Å²) in [6.07, 6.45) is 1.06. The molecule has 0 amide bonds. The zero-order valence-electron chi connectivity index (χ0n) is 7.33. The molecule has 0 saturated heterocycles. The van der Waals surface area contributed by atoms with Gasteiger partial charge in [-0.2, -0.15) is 10.5 Å². The number of ketones is 1. The summed E-state index contributed by atoms with van der Waals surface area (Å²) in [6, 6.07) is 3.70. The molecule has 1 aliphatic heterocycles. The summed E-state index contributed by atoms with van der Waals surface area (Å²) in [5.41, 5.74) is 1.71. The van der Waals surface area contributed by atoms with Gasteiger partial charge in [-0.1, -0.05) is 0 Å². The average molecular weight is 202 g/mol. The fourth-order valence-corrected chi connectivity index (χ4v) is 2.88. The number of rotatable bonds is 0. The number of hydrogen-bond acceptors (Lipinski definition) is 4. The van der Waals surface area contributed by atoms with E-state index in [2.05, 4.69) is 0 Å². The Morgan fingerprint density at radius 2 is 2.07 bits per heavy atom. The molecular formula is C10H6N2OS. The predicted molar refractivity (Wildman–Crippen MR) is 52.0 cm³/mol. The van der Waals surface area contributed by atoms with Gasteiger partial charge in [0.05, 0.1) is 4.91 Å². The van der Waals surface area contributed by atoms with Crippen LogP contribution in [0.1, 0.15) is 12.8 Å². The monoisotopic (exact) mass is 202 g/mol. The van der Waals surface area contributed by atoms with Crippen LogP contribution in [0.4, 0.5) is 0 Å².